The highest BCUT2D eigenvalue weighted by Gasteiger charge is 2.10. The number of hydrogen-bond acceptors (Lipinski definition) is 6. The molecule has 3 aromatic rings. The number of nitrogens with zero attached hydrogens (tertiary/aromatic N) is 3. The van der Waals surface area contributed by atoms with E-state index in [9.17, 15) is 9.90 Å². The highest BCUT2D eigenvalue weighted by Crippen LogP contribution is 2.23. The zero-order valence-corrected chi connectivity index (χ0v) is 16.7. The predicted molar refractivity (Wildman–Crippen MR) is 116 cm³/mol. The standard InChI is InChI=1S/C23H22N4O3/c1-16-11-12-19(28)14-21(16)25-17(2)26-22(29)15-30-27-23(18-8-4-3-5-9-18)20-10-6-7-13-24-20/h3-14,28H,15H2,1-2H3,(H,25,26,29)/b27-23-. The normalized spacial score (nSPS) is 11.8. The van der Waals surface area contributed by atoms with E-state index < -0.39 is 5.91 Å². The number of oxime groups is 1. The second kappa shape index (κ2) is 9.97. The number of aromatic hydroxyl groups is 1. The smallest absolute Gasteiger partial charge is 0.266 e. The molecule has 0 spiro atoms. The Kier molecular flexibility index (Phi) is 6.89. The lowest BCUT2D eigenvalue weighted by atomic mass is 10.1. The second-order valence-corrected chi connectivity index (χ2v) is 6.51. The highest BCUT2D eigenvalue weighted by molar-refractivity contribution is 6.11. The Balaban J connectivity index is 1.67. The fraction of sp³-hybridized carbons (Fsp3) is 0.130. The van der Waals surface area contributed by atoms with Gasteiger partial charge in [-0.3, -0.25) is 9.78 Å². The van der Waals surface area contributed by atoms with Gasteiger partial charge in [0.15, 0.2) is 6.61 Å². The maximum Gasteiger partial charge on any atom is 0.266 e. The van der Waals surface area contributed by atoms with E-state index in [0.717, 1.165) is 11.1 Å². The first kappa shape index (κ1) is 20.7. The molecule has 1 aromatic heterocycles. The lowest BCUT2D eigenvalue weighted by Crippen LogP contribution is -2.31. The first-order valence-electron chi connectivity index (χ1n) is 9.34. The van der Waals surface area contributed by atoms with Crippen molar-refractivity contribution >= 4 is 23.1 Å². The molecule has 152 valence electrons. The summed E-state index contributed by atoms with van der Waals surface area (Å²) in [6, 6.07) is 19.8. The molecule has 0 bridgehead atoms. The van der Waals surface area contributed by atoms with Gasteiger partial charge < -0.3 is 15.3 Å². The number of pyridine rings is 1. The molecule has 2 N–H and O–H groups in total. The molecule has 0 saturated heterocycles. The third kappa shape index (κ3) is 5.75. The molecule has 0 saturated carbocycles. The minimum atomic E-state index is -0.397. The number of phenols is 1. The number of carbonyl (C=O) groups excluding carboxylic acids is 1. The van der Waals surface area contributed by atoms with Crippen molar-refractivity contribution < 1.29 is 14.7 Å². The van der Waals surface area contributed by atoms with Gasteiger partial charge in [-0.15, -0.1) is 0 Å². The molecular weight excluding hydrogens is 380 g/mol. The van der Waals surface area contributed by atoms with Crippen LogP contribution < -0.4 is 5.32 Å². The van der Waals surface area contributed by atoms with E-state index in [1.165, 1.54) is 6.07 Å². The molecule has 0 aliphatic heterocycles. The van der Waals surface area contributed by atoms with Crippen LogP contribution in [0.2, 0.25) is 0 Å². The summed E-state index contributed by atoms with van der Waals surface area (Å²) in [5, 5.41) is 16.4. The first-order valence-corrected chi connectivity index (χ1v) is 9.34. The Hall–Kier alpha value is -4.00. The Bertz CT molecular complexity index is 1020. The fourth-order valence-electron chi connectivity index (χ4n) is 2.67. The number of rotatable bonds is 6. The summed E-state index contributed by atoms with van der Waals surface area (Å²) < 4.78 is 0. The molecule has 0 aliphatic rings. The molecule has 3 rings (SSSR count). The van der Waals surface area contributed by atoms with Crippen LogP contribution in [0.4, 0.5) is 5.69 Å². The van der Waals surface area contributed by atoms with Crippen LogP contribution in [-0.4, -0.2) is 34.2 Å². The minimum absolute atomic E-state index is 0.110. The van der Waals surface area contributed by atoms with Crippen LogP contribution in [-0.2, 0) is 9.63 Å². The monoisotopic (exact) mass is 402 g/mol. The molecule has 1 amide bonds. The van der Waals surface area contributed by atoms with Gasteiger partial charge in [-0.05, 0) is 37.6 Å². The lowest BCUT2D eigenvalue weighted by Gasteiger charge is -2.08. The molecule has 0 atom stereocenters. The van der Waals surface area contributed by atoms with Gasteiger partial charge in [-0.2, -0.15) is 0 Å². The number of aryl methyl sites for hydroxylation is 1. The van der Waals surface area contributed by atoms with Crippen molar-refractivity contribution in [2.24, 2.45) is 10.1 Å². The number of benzene rings is 2. The molecule has 2 aromatic carbocycles. The Morgan fingerprint density at radius 3 is 2.60 bits per heavy atom. The fourth-order valence-corrected chi connectivity index (χ4v) is 2.67. The van der Waals surface area contributed by atoms with Crippen LogP contribution in [0.5, 0.6) is 5.75 Å². The van der Waals surface area contributed by atoms with Crippen LogP contribution in [0.1, 0.15) is 23.7 Å². The Morgan fingerprint density at radius 1 is 1.10 bits per heavy atom. The number of phenolic OH excluding ortho intramolecular Hbond substituents is 1. The van der Waals surface area contributed by atoms with Gasteiger partial charge in [0.05, 0.1) is 11.4 Å². The topological polar surface area (TPSA) is 96.2 Å². The average molecular weight is 402 g/mol. The van der Waals surface area contributed by atoms with Crippen molar-refractivity contribution in [2.75, 3.05) is 6.61 Å². The summed E-state index contributed by atoms with van der Waals surface area (Å²) in [6.45, 7) is 3.25. The van der Waals surface area contributed by atoms with Gasteiger partial charge >= 0.3 is 0 Å². The molecule has 0 fully saturated rings. The van der Waals surface area contributed by atoms with Crippen LogP contribution in [0, 0.1) is 6.92 Å². The SMILES string of the molecule is CC(=Nc1cc(O)ccc1C)NC(=O)CO/N=C(/c1ccccc1)c1ccccn1. The summed E-state index contributed by atoms with van der Waals surface area (Å²) in [5.41, 5.74) is 3.46. The summed E-state index contributed by atoms with van der Waals surface area (Å²) >= 11 is 0. The van der Waals surface area contributed by atoms with Crippen molar-refractivity contribution in [3.8, 4) is 5.75 Å². The van der Waals surface area contributed by atoms with E-state index in [4.69, 9.17) is 4.84 Å². The van der Waals surface area contributed by atoms with Crippen molar-refractivity contribution in [3.05, 3.63) is 89.7 Å². The van der Waals surface area contributed by atoms with Gasteiger partial charge in [0.2, 0.25) is 0 Å². The maximum absolute atomic E-state index is 12.2. The van der Waals surface area contributed by atoms with E-state index in [0.29, 0.717) is 22.9 Å². The summed E-state index contributed by atoms with van der Waals surface area (Å²) in [7, 11) is 0. The van der Waals surface area contributed by atoms with Gasteiger partial charge in [-0.25, -0.2) is 4.99 Å². The molecule has 0 radical (unpaired) electrons. The third-order valence-corrected chi connectivity index (χ3v) is 4.11. The van der Waals surface area contributed by atoms with Gasteiger partial charge in [0.1, 0.15) is 17.3 Å². The van der Waals surface area contributed by atoms with Gasteiger partial charge in [0, 0.05) is 17.8 Å². The number of carbonyl (C=O) groups is 1. The van der Waals surface area contributed by atoms with E-state index >= 15 is 0 Å². The van der Waals surface area contributed by atoms with Crippen molar-refractivity contribution in [1.29, 1.82) is 0 Å². The zero-order chi connectivity index (χ0) is 21.3. The number of aromatic nitrogens is 1. The molecule has 7 heteroatoms. The van der Waals surface area contributed by atoms with Crippen molar-refractivity contribution in [1.82, 2.24) is 10.3 Å². The van der Waals surface area contributed by atoms with Crippen LogP contribution in [0.3, 0.4) is 0 Å². The van der Waals surface area contributed by atoms with Crippen LogP contribution in [0.25, 0.3) is 0 Å². The second-order valence-electron chi connectivity index (χ2n) is 6.51. The Morgan fingerprint density at radius 2 is 1.87 bits per heavy atom. The van der Waals surface area contributed by atoms with Crippen LogP contribution >= 0.6 is 0 Å². The van der Waals surface area contributed by atoms with Gasteiger partial charge in [0.25, 0.3) is 5.91 Å². The minimum Gasteiger partial charge on any atom is -0.508 e. The largest absolute Gasteiger partial charge is 0.508 e. The first-order chi connectivity index (χ1) is 14.5. The predicted octanol–water partition coefficient (Wildman–Crippen LogP) is 3.73. The number of nitrogens with one attached hydrogen (secondary N) is 1. The van der Waals surface area contributed by atoms with E-state index in [1.807, 2.05) is 55.5 Å². The van der Waals surface area contributed by atoms with E-state index in [1.54, 1.807) is 25.3 Å². The number of amidine groups is 1. The van der Waals surface area contributed by atoms with Crippen LogP contribution in [0.15, 0.2) is 83.1 Å². The number of hydrogen-bond donors (Lipinski definition) is 2. The molecule has 0 unspecified atom stereocenters. The summed E-state index contributed by atoms with van der Waals surface area (Å²) in [5.74, 6) is 0.0969. The van der Waals surface area contributed by atoms with E-state index in [-0.39, 0.29) is 12.4 Å². The summed E-state index contributed by atoms with van der Waals surface area (Å²) in [6.07, 6.45) is 1.67. The number of amides is 1. The highest BCUT2D eigenvalue weighted by atomic mass is 16.6. The Labute approximate surface area is 174 Å². The molecular formula is C23H22N4O3. The van der Waals surface area contributed by atoms with E-state index in [2.05, 4.69) is 20.4 Å². The molecule has 1 heterocycles. The number of aliphatic imine (C=N–C) groups is 1. The maximum atomic E-state index is 12.2. The van der Waals surface area contributed by atoms with Crippen molar-refractivity contribution in [2.45, 2.75) is 13.8 Å². The molecule has 0 aliphatic carbocycles. The van der Waals surface area contributed by atoms with Gasteiger partial charge in [-0.1, -0.05) is 47.6 Å². The van der Waals surface area contributed by atoms with Crippen molar-refractivity contribution in [3.63, 3.8) is 0 Å². The third-order valence-electron chi connectivity index (χ3n) is 4.11. The lowest BCUT2D eigenvalue weighted by molar-refractivity contribution is -0.124. The quantitative estimate of drug-likeness (QED) is 0.373. The average Bonchev–Trinajstić information content (AvgIpc) is 2.75. The molecule has 7 nitrogen and oxygen atoms in total. The molecule has 30 heavy (non-hydrogen) atoms. The summed E-state index contributed by atoms with van der Waals surface area (Å²) in [4.78, 5) is 26.1. The zero-order valence-electron chi connectivity index (χ0n) is 16.7.